The molecule has 0 amide bonds. The second-order valence-corrected chi connectivity index (χ2v) is 7.19. The molecule has 1 unspecified atom stereocenters. The van der Waals surface area contributed by atoms with E-state index < -0.39 is 0 Å². The van der Waals surface area contributed by atoms with Crippen LogP contribution in [-0.2, 0) is 4.74 Å². The lowest BCUT2D eigenvalue weighted by Gasteiger charge is -2.29. The first kappa shape index (κ1) is 18.2. The van der Waals surface area contributed by atoms with Crippen LogP contribution in [0.5, 0.6) is 5.75 Å². The van der Waals surface area contributed by atoms with Gasteiger partial charge in [-0.15, -0.1) is 0 Å². The van der Waals surface area contributed by atoms with Crippen molar-refractivity contribution >= 4 is 29.1 Å². The van der Waals surface area contributed by atoms with Crippen LogP contribution in [0.25, 0.3) is 6.08 Å². The van der Waals surface area contributed by atoms with Crippen molar-refractivity contribution < 1.29 is 9.84 Å². The van der Waals surface area contributed by atoms with Crippen molar-refractivity contribution in [2.24, 2.45) is 0 Å². The largest absolute Gasteiger partial charge is 0.505 e. The topological polar surface area (TPSA) is 56.8 Å². The zero-order valence-electron chi connectivity index (χ0n) is 15.3. The molecular weight excluding hydrogens is 362 g/mol. The summed E-state index contributed by atoms with van der Waals surface area (Å²) in [4.78, 5) is 2.32. The molecule has 4 rings (SSSR count). The Kier molecular flexibility index (Phi) is 5.25. The van der Waals surface area contributed by atoms with Crippen molar-refractivity contribution in [3.05, 3.63) is 58.1 Å². The smallest absolute Gasteiger partial charge is 0.144 e. The molecular formula is C21H24ClN3O2. The Balaban J connectivity index is 1.66. The minimum absolute atomic E-state index is 0.153. The van der Waals surface area contributed by atoms with Crippen molar-refractivity contribution in [2.75, 3.05) is 50.1 Å². The molecule has 0 spiro atoms. The van der Waals surface area contributed by atoms with E-state index in [1.807, 2.05) is 25.3 Å². The van der Waals surface area contributed by atoms with E-state index in [4.69, 9.17) is 16.3 Å². The molecule has 27 heavy (non-hydrogen) atoms. The van der Waals surface area contributed by atoms with Gasteiger partial charge in [0.15, 0.2) is 0 Å². The van der Waals surface area contributed by atoms with E-state index in [1.165, 1.54) is 5.69 Å². The summed E-state index contributed by atoms with van der Waals surface area (Å²) in [5.74, 6) is 0.246. The monoisotopic (exact) mass is 385 g/mol. The molecule has 2 heterocycles. The first-order valence-corrected chi connectivity index (χ1v) is 9.62. The minimum atomic E-state index is -0.153. The molecule has 1 atom stereocenters. The van der Waals surface area contributed by atoms with Gasteiger partial charge < -0.3 is 25.4 Å². The first-order chi connectivity index (χ1) is 13.2. The fourth-order valence-electron chi connectivity index (χ4n) is 3.77. The van der Waals surface area contributed by atoms with Gasteiger partial charge in [0.05, 0.1) is 30.0 Å². The van der Waals surface area contributed by atoms with E-state index in [1.54, 1.807) is 0 Å². The summed E-state index contributed by atoms with van der Waals surface area (Å²) in [6.07, 6.45) is 3.94. The summed E-state index contributed by atoms with van der Waals surface area (Å²) in [6.45, 7) is 4.04. The van der Waals surface area contributed by atoms with Crippen molar-refractivity contribution in [1.82, 2.24) is 5.32 Å². The molecule has 3 N–H and O–H groups in total. The second kappa shape index (κ2) is 7.80. The van der Waals surface area contributed by atoms with Gasteiger partial charge in [-0.1, -0.05) is 35.9 Å². The van der Waals surface area contributed by atoms with Crippen LogP contribution in [-0.4, -0.2) is 45.0 Å². The van der Waals surface area contributed by atoms with Crippen molar-refractivity contribution in [3.63, 3.8) is 0 Å². The van der Waals surface area contributed by atoms with Crippen molar-refractivity contribution in [3.8, 4) is 5.75 Å². The van der Waals surface area contributed by atoms with Gasteiger partial charge in [-0.05, 0) is 30.8 Å². The summed E-state index contributed by atoms with van der Waals surface area (Å²) < 4.78 is 5.43. The van der Waals surface area contributed by atoms with Crippen LogP contribution in [0.4, 0.5) is 11.4 Å². The lowest BCUT2D eigenvalue weighted by Crippen LogP contribution is -2.36. The van der Waals surface area contributed by atoms with E-state index >= 15 is 0 Å². The highest BCUT2D eigenvalue weighted by Crippen LogP contribution is 2.42. The number of hydrogen-bond acceptors (Lipinski definition) is 5. The van der Waals surface area contributed by atoms with Crippen LogP contribution in [0, 0.1) is 0 Å². The predicted octanol–water partition coefficient (Wildman–Crippen LogP) is 3.63. The number of anilines is 2. The third-order valence-corrected chi connectivity index (χ3v) is 5.52. The average Bonchev–Trinajstić information content (AvgIpc) is 2.73. The number of fused-ring (bicyclic) bond motifs is 1. The Morgan fingerprint density at radius 2 is 1.96 bits per heavy atom. The fourth-order valence-corrected chi connectivity index (χ4v) is 4.05. The van der Waals surface area contributed by atoms with Gasteiger partial charge >= 0.3 is 0 Å². The lowest BCUT2D eigenvalue weighted by atomic mass is 9.94. The van der Waals surface area contributed by atoms with Crippen LogP contribution in [0.15, 0.2) is 36.4 Å². The Morgan fingerprint density at radius 1 is 1.22 bits per heavy atom. The minimum Gasteiger partial charge on any atom is -0.505 e. The van der Waals surface area contributed by atoms with Gasteiger partial charge in [0.25, 0.3) is 0 Å². The molecule has 0 bridgehead atoms. The van der Waals surface area contributed by atoms with E-state index in [-0.39, 0.29) is 11.8 Å². The predicted molar refractivity (Wildman–Crippen MR) is 111 cm³/mol. The number of hydrogen-bond donors (Lipinski definition) is 3. The Morgan fingerprint density at radius 3 is 2.67 bits per heavy atom. The molecule has 2 aromatic rings. The fraction of sp³-hybridized carbons (Fsp3) is 0.333. The number of morpholine rings is 1. The second-order valence-electron chi connectivity index (χ2n) is 6.78. The van der Waals surface area contributed by atoms with Gasteiger partial charge in [0.1, 0.15) is 5.75 Å². The highest BCUT2D eigenvalue weighted by Gasteiger charge is 2.23. The van der Waals surface area contributed by atoms with E-state index in [9.17, 15) is 5.11 Å². The van der Waals surface area contributed by atoms with E-state index in [0.29, 0.717) is 17.3 Å². The molecule has 142 valence electrons. The maximum absolute atomic E-state index is 10.9. The van der Waals surface area contributed by atoms with Crippen LogP contribution >= 0.6 is 11.6 Å². The third-order valence-electron chi connectivity index (χ3n) is 5.20. The zero-order chi connectivity index (χ0) is 18.8. The summed E-state index contributed by atoms with van der Waals surface area (Å²) in [6, 6.07) is 10.2. The molecule has 1 saturated heterocycles. The van der Waals surface area contributed by atoms with Gasteiger partial charge in [-0.2, -0.15) is 0 Å². The molecule has 2 aromatic carbocycles. The molecule has 6 heteroatoms. The number of benzene rings is 2. The van der Waals surface area contributed by atoms with Crippen molar-refractivity contribution in [2.45, 2.75) is 6.04 Å². The van der Waals surface area contributed by atoms with Gasteiger partial charge in [0.2, 0.25) is 0 Å². The number of phenolic OH excluding ortho intramolecular Hbond substituents is 1. The highest BCUT2D eigenvalue weighted by atomic mass is 35.5. The zero-order valence-corrected chi connectivity index (χ0v) is 16.1. The molecule has 1 fully saturated rings. The SMILES string of the molecule is CNC(c1ccc(N2CCOCC2)cc1)c1cc(Cl)c2c(c1O)NCC=C2. The Bertz CT molecular complexity index is 845. The first-order valence-electron chi connectivity index (χ1n) is 9.24. The van der Waals surface area contributed by atoms with Crippen molar-refractivity contribution in [1.29, 1.82) is 0 Å². The number of rotatable bonds is 4. The maximum Gasteiger partial charge on any atom is 0.144 e. The summed E-state index contributed by atoms with van der Waals surface area (Å²) in [7, 11) is 1.89. The molecule has 2 aliphatic rings. The Hall–Kier alpha value is -2.21. The summed E-state index contributed by atoms with van der Waals surface area (Å²) in [5.41, 5.74) is 4.57. The molecule has 0 saturated carbocycles. The number of aromatic hydroxyl groups is 1. The number of nitrogens with zero attached hydrogens (tertiary/aromatic N) is 1. The number of ether oxygens (including phenoxy) is 1. The summed E-state index contributed by atoms with van der Waals surface area (Å²) >= 11 is 6.49. The van der Waals surface area contributed by atoms with Gasteiger partial charge in [-0.25, -0.2) is 0 Å². The van der Waals surface area contributed by atoms with E-state index in [0.717, 1.165) is 43.0 Å². The van der Waals surface area contributed by atoms with Gasteiger partial charge in [-0.3, -0.25) is 0 Å². The average molecular weight is 386 g/mol. The van der Waals surface area contributed by atoms with Gasteiger partial charge in [0, 0.05) is 36.4 Å². The van der Waals surface area contributed by atoms with Crippen LogP contribution in [0.3, 0.4) is 0 Å². The number of halogens is 1. The Labute approximate surface area is 164 Å². The standard InChI is InChI=1S/C21H24ClN3O2/c1-23-19(14-4-6-15(7-5-14)25-9-11-27-12-10-25)17-13-18(22)16-3-2-8-24-20(16)21(17)26/h2-7,13,19,23-24,26H,8-12H2,1H3. The van der Waals surface area contributed by atoms with E-state index in [2.05, 4.69) is 39.8 Å². The maximum atomic E-state index is 10.9. The normalized spacial score (nSPS) is 17.3. The lowest BCUT2D eigenvalue weighted by molar-refractivity contribution is 0.122. The number of phenols is 1. The quantitative estimate of drug-likeness (QED) is 0.702. The third kappa shape index (κ3) is 3.50. The highest BCUT2D eigenvalue weighted by molar-refractivity contribution is 6.33. The molecule has 5 nitrogen and oxygen atoms in total. The number of nitrogens with one attached hydrogen (secondary N) is 2. The summed E-state index contributed by atoms with van der Waals surface area (Å²) in [5, 5.41) is 18.0. The molecule has 2 aliphatic heterocycles. The molecule has 0 aliphatic carbocycles. The molecule has 0 aromatic heterocycles. The van der Waals surface area contributed by atoms with Crippen LogP contribution < -0.4 is 15.5 Å². The molecule has 0 radical (unpaired) electrons. The van der Waals surface area contributed by atoms with Crippen LogP contribution in [0.1, 0.15) is 22.7 Å². The van der Waals surface area contributed by atoms with Crippen LogP contribution in [0.2, 0.25) is 5.02 Å².